The lowest BCUT2D eigenvalue weighted by Gasteiger charge is -2.03. The summed E-state index contributed by atoms with van der Waals surface area (Å²) in [6.45, 7) is 1.88. The molecule has 0 unspecified atom stereocenters. The van der Waals surface area contributed by atoms with Gasteiger partial charge < -0.3 is 15.3 Å². The van der Waals surface area contributed by atoms with Gasteiger partial charge in [0.25, 0.3) is 5.82 Å². The van der Waals surface area contributed by atoms with E-state index in [-0.39, 0.29) is 23.9 Å². The van der Waals surface area contributed by atoms with Crippen molar-refractivity contribution in [2.24, 2.45) is 5.16 Å². The van der Waals surface area contributed by atoms with E-state index in [4.69, 9.17) is 5.21 Å². The maximum absolute atomic E-state index is 12.3. The first kappa shape index (κ1) is 14.4. The number of hydrogen-bond donors (Lipinski definition) is 1. The number of rotatable bonds is 5. The second-order valence-corrected chi connectivity index (χ2v) is 4.09. The van der Waals surface area contributed by atoms with Crippen LogP contribution in [0.1, 0.15) is 23.1 Å². The molecule has 0 aliphatic heterocycles. The third kappa shape index (κ3) is 2.64. The van der Waals surface area contributed by atoms with Crippen LogP contribution >= 0.6 is 0 Å². The quantitative estimate of drug-likeness (QED) is 0.297. The molecule has 1 aromatic heterocycles. The molecule has 8 heteroatoms. The molecule has 2 aromatic rings. The predicted octanol–water partition coefficient (Wildman–Crippen LogP) is 1.87. The van der Waals surface area contributed by atoms with Gasteiger partial charge in [0.05, 0.1) is 6.54 Å². The fourth-order valence-corrected chi connectivity index (χ4v) is 1.93. The number of carbonyl (C=O) groups is 1. The first-order valence-corrected chi connectivity index (χ1v) is 6.12. The first-order valence-electron chi connectivity index (χ1n) is 6.12. The van der Waals surface area contributed by atoms with Crippen LogP contribution in [0, 0.1) is 10.1 Å². The molecule has 2 rings (SSSR count). The van der Waals surface area contributed by atoms with Gasteiger partial charge in [-0.1, -0.05) is 35.5 Å². The largest absolute Gasteiger partial charge is 0.410 e. The van der Waals surface area contributed by atoms with Crippen molar-refractivity contribution in [3.8, 4) is 0 Å². The minimum Gasteiger partial charge on any atom is -0.410 e. The Morgan fingerprint density at radius 1 is 1.43 bits per heavy atom. The Morgan fingerprint density at radius 3 is 2.62 bits per heavy atom. The van der Waals surface area contributed by atoms with E-state index >= 15 is 0 Å². The van der Waals surface area contributed by atoms with Gasteiger partial charge in [0.2, 0.25) is 11.5 Å². The molecule has 0 spiro atoms. The lowest BCUT2D eigenvalue weighted by molar-refractivity contribution is -0.392. The number of aromatic nitrogens is 2. The zero-order chi connectivity index (χ0) is 15.4. The van der Waals surface area contributed by atoms with E-state index in [9.17, 15) is 14.9 Å². The molecule has 21 heavy (non-hydrogen) atoms. The molecule has 0 saturated carbocycles. The third-order valence-corrected chi connectivity index (χ3v) is 2.90. The highest BCUT2D eigenvalue weighted by atomic mass is 16.6. The number of imidazole rings is 1. The van der Waals surface area contributed by atoms with Crippen LogP contribution in [0.25, 0.3) is 0 Å². The lowest BCUT2D eigenvalue weighted by atomic mass is 10.1. The van der Waals surface area contributed by atoms with Crippen LogP contribution in [0.5, 0.6) is 0 Å². The van der Waals surface area contributed by atoms with Gasteiger partial charge in [-0.15, -0.1) is 0 Å². The fraction of sp³-hybridized carbons (Fsp3) is 0.154. The fourth-order valence-electron chi connectivity index (χ4n) is 1.93. The molecule has 1 aromatic carbocycles. The van der Waals surface area contributed by atoms with Crippen molar-refractivity contribution in [3.63, 3.8) is 0 Å². The Bertz CT molecular complexity index is 706. The van der Waals surface area contributed by atoms with Gasteiger partial charge in [-0.05, 0) is 11.8 Å². The number of hydrogen-bond acceptors (Lipinski definition) is 6. The number of carbonyl (C=O) groups excluding carboxylic acids is 1. The maximum atomic E-state index is 12.3. The second kappa shape index (κ2) is 5.95. The van der Waals surface area contributed by atoms with Crippen LogP contribution in [0.2, 0.25) is 0 Å². The van der Waals surface area contributed by atoms with Gasteiger partial charge in [0.1, 0.15) is 6.20 Å². The van der Waals surface area contributed by atoms with Crippen molar-refractivity contribution < 1.29 is 14.9 Å². The molecule has 108 valence electrons. The van der Waals surface area contributed by atoms with E-state index < -0.39 is 10.7 Å². The Morgan fingerprint density at radius 2 is 2.10 bits per heavy atom. The number of nitrogens with zero attached hydrogens (tertiary/aromatic N) is 4. The van der Waals surface area contributed by atoms with Gasteiger partial charge in [0, 0.05) is 5.56 Å². The van der Waals surface area contributed by atoms with Crippen LogP contribution in [-0.2, 0) is 6.54 Å². The summed E-state index contributed by atoms with van der Waals surface area (Å²) in [6, 6.07) is 8.18. The average Bonchev–Trinajstić information content (AvgIpc) is 2.92. The van der Waals surface area contributed by atoms with Crippen LogP contribution in [0.4, 0.5) is 5.82 Å². The molecule has 0 radical (unpaired) electrons. The smallest absolute Gasteiger partial charge is 0.343 e. The predicted molar refractivity (Wildman–Crippen MR) is 73.7 cm³/mol. The highest BCUT2D eigenvalue weighted by molar-refractivity contribution is 6.50. The van der Waals surface area contributed by atoms with Crippen LogP contribution in [-0.4, -0.2) is 31.2 Å². The average molecular weight is 288 g/mol. The highest BCUT2D eigenvalue weighted by Crippen LogP contribution is 2.16. The van der Waals surface area contributed by atoms with Crippen molar-refractivity contribution in [2.75, 3.05) is 0 Å². The maximum Gasteiger partial charge on any atom is 0.343 e. The Balaban J connectivity index is 2.49. The van der Waals surface area contributed by atoms with Gasteiger partial charge >= 0.3 is 5.82 Å². The molecule has 0 aliphatic rings. The topological polar surface area (TPSA) is 111 Å². The monoisotopic (exact) mass is 288 g/mol. The molecular weight excluding hydrogens is 276 g/mol. The number of benzene rings is 1. The van der Waals surface area contributed by atoms with Gasteiger partial charge in [-0.2, -0.15) is 0 Å². The standard InChI is InChI=1S/C13H12N4O4/c1-2-16-10(17(20)21)8-14-13(16)11(15-19)12(18)9-6-4-3-5-7-9/h3-8,19H,2H2,1H3/b15-11+. The Kier molecular flexibility index (Phi) is 4.07. The minimum absolute atomic E-state index is 0.0412. The molecule has 0 amide bonds. The normalized spacial score (nSPS) is 11.4. The molecule has 0 atom stereocenters. The first-order chi connectivity index (χ1) is 10.1. The molecule has 1 N–H and O–H groups in total. The summed E-state index contributed by atoms with van der Waals surface area (Å²) in [5, 5.41) is 23.0. The SMILES string of the molecule is CCn1c([N+](=O)[O-])cnc1/C(=N/O)C(=O)c1ccccc1. The zero-order valence-electron chi connectivity index (χ0n) is 11.1. The summed E-state index contributed by atoms with van der Waals surface area (Å²) < 4.78 is 1.20. The Labute approximate surface area is 119 Å². The van der Waals surface area contributed by atoms with E-state index in [1.54, 1.807) is 37.3 Å². The molecule has 0 saturated heterocycles. The van der Waals surface area contributed by atoms with Crippen molar-refractivity contribution >= 4 is 17.3 Å². The van der Waals surface area contributed by atoms with Crippen LogP contribution in [0.3, 0.4) is 0 Å². The summed E-state index contributed by atoms with van der Waals surface area (Å²) in [6.07, 6.45) is 1.03. The molecular formula is C13H12N4O4. The van der Waals surface area contributed by atoms with Crippen molar-refractivity contribution in [1.82, 2.24) is 9.55 Å². The van der Waals surface area contributed by atoms with E-state index in [0.29, 0.717) is 5.56 Å². The lowest BCUT2D eigenvalue weighted by Crippen LogP contribution is -2.21. The minimum atomic E-state index is -0.609. The second-order valence-electron chi connectivity index (χ2n) is 4.09. The van der Waals surface area contributed by atoms with Gasteiger partial charge in [-0.3, -0.25) is 4.79 Å². The van der Waals surface area contributed by atoms with E-state index in [0.717, 1.165) is 6.20 Å². The number of Topliss-reactive ketones (excluding diaryl/α,β-unsaturated/α-hetero) is 1. The molecule has 8 nitrogen and oxygen atoms in total. The van der Waals surface area contributed by atoms with Crippen molar-refractivity contribution in [1.29, 1.82) is 0 Å². The summed E-state index contributed by atoms with van der Waals surface area (Å²) in [4.78, 5) is 26.4. The Hall–Kier alpha value is -3.03. The number of nitro groups is 1. The summed E-state index contributed by atoms with van der Waals surface area (Å²) in [5.74, 6) is -0.872. The van der Waals surface area contributed by atoms with Crippen LogP contribution < -0.4 is 0 Å². The van der Waals surface area contributed by atoms with Crippen molar-refractivity contribution in [3.05, 3.63) is 58.0 Å². The highest BCUT2D eigenvalue weighted by Gasteiger charge is 2.28. The molecule has 1 heterocycles. The van der Waals surface area contributed by atoms with E-state index in [1.165, 1.54) is 4.57 Å². The van der Waals surface area contributed by atoms with Gasteiger partial charge in [0.15, 0.2) is 0 Å². The van der Waals surface area contributed by atoms with Crippen molar-refractivity contribution in [2.45, 2.75) is 13.5 Å². The zero-order valence-corrected chi connectivity index (χ0v) is 11.1. The molecule has 0 fully saturated rings. The summed E-state index contributed by atoms with van der Waals surface area (Å²) in [5.41, 5.74) is -0.0326. The molecule has 0 bridgehead atoms. The third-order valence-electron chi connectivity index (χ3n) is 2.90. The van der Waals surface area contributed by atoms with E-state index in [2.05, 4.69) is 10.1 Å². The molecule has 0 aliphatic carbocycles. The summed E-state index contributed by atoms with van der Waals surface area (Å²) in [7, 11) is 0. The number of oxime groups is 1. The summed E-state index contributed by atoms with van der Waals surface area (Å²) >= 11 is 0. The van der Waals surface area contributed by atoms with Crippen LogP contribution in [0.15, 0.2) is 41.7 Å². The van der Waals surface area contributed by atoms with E-state index in [1.807, 2.05) is 0 Å². The van der Waals surface area contributed by atoms with Gasteiger partial charge in [-0.25, -0.2) is 9.55 Å². The number of ketones is 1.